The maximum atomic E-state index is 5.99. The summed E-state index contributed by atoms with van der Waals surface area (Å²) in [6, 6.07) is 8.85. The minimum atomic E-state index is -0.0138. The molecule has 6 heteroatoms. The van der Waals surface area contributed by atoms with Crippen LogP contribution in [0.5, 0.6) is 0 Å². The van der Waals surface area contributed by atoms with Crippen LogP contribution in [0.25, 0.3) is 11.4 Å². The third-order valence-corrected chi connectivity index (χ3v) is 5.22. The minimum Gasteiger partial charge on any atom is -0.368 e. The van der Waals surface area contributed by atoms with Gasteiger partial charge < -0.3 is 15.0 Å². The van der Waals surface area contributed by atoms with Crippen molar-refractivity contribution in [2.75, 3.05) is 39.8 Å². The fraction of sp³-hybridized carbons (Fsp3) is 0.579. The molecule has 1 atom stereocenters. The molecule has 3 heterocycles. The van der Waals surface area contributed by atoms with Crippen molar-refractivity contribution in [2.45, 2.75) is 31.9 Å². The van der Waals surface area contributed by atoms with E-state index in [0.29, 0.717) is 6.04 Å². The minimum absolute atomic E-state index is 0.0138. The maximum absolute atomic E-state index is 5.99. The number of hydrogen-bond donors (Lipinski definition) is 1. The second kappa shape index (κ2) is 7.23. The van der Waals surface area contributed by atoms with Crippen LogP contribution in [0.15, 0.2) is 24.3 Å². The number of morpholine rings is 1. The molecule has 2 aliphatic rings. The molecule has 2 aromatic rings. The first kappa shape index (κ1) is 16.7. The summed E-state index contributed by atoms with van der Waals surface area (Å²) in [6.07, 6.45) is 2.21. The second-order valence-corrected chi connectivity index (χ2v) is 7.20. The van der Waals surface area contributed by atoms with Gasteiger partial charge in [0.25, 0.3) is 0 Å². The fourth-order valence-electron chi connectivity index (χ4n) is 3.62. The largest absolute Gasteiger partial charge is 0.368 e. The lowest BCUT2D eigenvalue weighted by Crippen LogP contribution is -2.37. The van der Waals surface area contributed by atoms with Crippen LogP contribution in [0.1, 0.15) is 36.4 Å². The summed E-state index contributed by atoms with van der Waals surface area (Å²) in [6.45, 7) is 6.75. The Hall–Kier alpha value is -1.76. The molecule has 1 aromatic carbocycles. The van der Waals surface area contributed by atoms with Crippen molar-refractivity contribution in [3.05, 3.63) is 35.7 Å². The van der Waals surface area contributed by atoms with Crippen LogP contribution in [-0.4, -0.2) is 59.5 Å². The standard InChI is InChI=1S/C19H27N5O/c1-14-3-5-15(6-4-14)18-21-19(17-13-20-9-12-25-17)24(22-18)16-7-10-23(2)11-8-16/h3-6,16-17,20H,7-13H2,1-2H3. The van der Waals surface area contributed by atoms with Crippen LogP contribution in [0.3, 0.4) is 0 Å². The Morgan fingerprint density at radius 3 is 2.60 bits per heavy atom. The number of nitrogens with one attached hydrogen (secondary N) is 1. The van der Waals surface area contributed by atoms with Gasteiger partial charge in [-0.05, 0) is 39.9 Å². The third kappa shape index (κ3) is 3.61. The van der Waals surface area contributed by atoms with Gasteiger partial charge in [0.05, 0.1) is 12.6 Å². The molecule has 2 saturated heterocycles. The zero-order chi connectivity index (χ0) is 17.2. The topological polar surface area (TPSA) is 55.2 Å². The molecule has 0 radical (unpaired) electrons. The zero-order valence-electron chi connectivity index (χ0n) is 15.1. The molecule has 4 rings (SSSR count). The smallest absolute Gasteiger partial charge is 0.181 e. The Morgan fingerprint density at radius 2 is 1.92 bits per heavy atom. The van der Waals surface area contributed by atoms with Crippen LogP contribution in [-0.2, 0) is 4.74 Å². The van der Waals surface area contributed by atoms with Crippen LogP contribution in [0.2, 0.25) is 0 Å². The molecule has 0 aliphatic carbocycles. The average Bonchev–Trinajstić information content (AvgIpc) is 3.09. The van der Waals surface area contributed by atoms with Crippen molar-refractivity contribution in [1.29, 1.82) is 0 Å². The summed E-state index contributed by atoms with van der Waals surface area (Å²) in [5, 5.41) is 8.33. The van der Waals surface area contributed by atoms with Gasteiger partial charge in [-0.25, -0.2) is 9.67 Å². The van der Waals surface area contributed by atoms with Crippen molar-refractivity contribution in [2.24, 2.45) is 0 Å². The molecular weight excluding hydrogens is 314 g/mol. The second-order valence-electron chi connectivity index (χ2n) is 7.20. The van der Waals surface area contributed by atoms with E-state index in [9.17, 15) is 0 Å². The Balaban J connectivity index is 1.68. The summed E-state index contributed by atoms with van der Waals surface area (Å²) in [5.74, 6) is 1.78. The lowest BCUT2D eigenvalue weighted by atomic mass is 10.1. The lowest BCUT2D eigenvalue weighted by Gasteiger charge is -2.31. The molecular formula is C19H27N5O. The number of piperidine rings is 1. The van der Waals surface area contributed by atoms with Gasteiger partial charge in [0.15, 0.2) is 11.6 Å². The van der Waals surface area contributed by atoms with Gasteiger partial charge in [0.1, 0.15) is 6.10 Å². The molecule has 0 amide bonds. The quantitative estimate of drug-likeness (QED) is 0.927. The summed E-state index contributed by atoms with van der Waals surface area (Å²) in [7, 11) is 2.18. The molecule has 1 N–H and O–H groups in total. The van der Waals surface area contributed by atoms with E-state index in [1.54, 1.807) is 0 Å². The summed E-state index contributed by atoms with van der Waals surface area (Å²) < 4.78 is 8.14. The lowest BCUT2D eigenvalue weighted by molar-refractivity contribution is 0.0171. The molecule has 2 aliphatic heterocycles. The van der Waals surface area contributed by atoms with Gasteiger partial charge in [0, 0.05) is 18.7 Å². The van der Waals surface area contributed by atoms with E-state index in [0.717, 1.165) is 62.8 Å². The maximum Gasteiger partial charge on any atom is 0.181 e. The van der Waals surface area contributed by atoms with Gasteiger partial charge >= 0.3 is 0 Å². The first-order valence-corrected chi connectivity index (χ1v) is 9.25. The monoisotopic (exact) mass is 341 g/mol. The van der Waals surface area contributed by atoms with E-state index < -0.39 is 0 Å². The number of ether oxygens (including phenoxy) is 1. The van der Waals surface area contributed by atoms with Crippen molar-refractivity contribution in [3.8, 4) is 11.4 Å². The average molecular weight is 341 g/mol. The van der Waals surface area contributed by atoms with E-state index in [-0.39, 0.29) is 6.10 Å². The predicted octanol–water partition coefficient (Wildman–Crippen LogP) is 2.18. The van der Waals surface area contributed by atoms with E-state index in [1.807, 2.05) is 0 Å². The van der Waals surface area contributed by atoms with Crippen molar-refractivity contribution in [3.63, 3.8) is 0 Å². The van der Waals surface area contributed by atoms with Gasteiger partial charge in [-0.15, -0.1) is 0 Å². The Labute approximate surface area is 149 Å². The Bertz CT molecular complexity index is 697. The van der Waals surface area contributed by atoms with Crippen molar-refractivity contribution in [1.82, 2.24) is 25.0 Å². The highest BCUT2D eigenvalue weighted by Crippen LogP contribution is 2.29. The molecule has 0 bridgehead atoms. The van der Waals surface area contributed by atoms with E-state index >= 15 is 0 Å². The number of hydrogen-bond acceptors (Lipinski definition) is 5. The number of aryl methyl sites for hydroxylation is 1. The third-order valence-electron chi connectivity index (χ3n) is 5.22. The van der Waals surface area contributed by atoms with Gasteiger partial charge in [-0.2, -0.15) is 5.10 Å². The highest BCUT2D eigenvalue weighted by Gasteiger charge is 2.28. The van der Waals surface area contributed by atoms with Crippen LogP contribution in [0.4, 0.5) is 0 Å². The first-order valence-electron chi connectivity index (χ1n) is 9.25. The van der Waals surface area contributed by atoms with E-state index in [2.05, 4.69) is 53.1 Å². The van der Waals surface area contributed by atoms with Crippen LogP contribution in [0, 0.1) is 6.92 Å². The molecule has 1 unspecified atom stereocenters. The summed E-state index contributed by atoms with van der Waals surface area (Å²) >= 11 is 0. The molecule has 0 saturated carbocycles. The summed E-state index contributed by atoms with van der Waals surface area (Å²) in [4.78, 5) is 7.28. The molecule has 25 heavy (non-hydrogen) atoms. The number of rotatable bonds is 3. The van der Waals surface area contributed by atoms with Gasteiger partial charge in [0.2, 0.25) is 0 Å². The van der Waals surface area contributed by atoms with Crippen LogP contribution < -0.4 is 5.32 Å². The highest BCUT2D eigenvalue weighted by atomic mass is 16.5. The number of likely N-dealkylation sites (tertiary alicyclic amines) is 1. The van der Waals surface area contributed by atoms with E-state index in [1.165, 1.54) is 5.56 Å². The first-order chi connectivity index (χ1) is 12.2. The molecule has 0 spiro atoms. The number of aromatic nitrogens is 3. The SMILES string of the molecule is Cc1ccc(-c2nc(C3CNCCO3)n(C3CCN(C)CC3)n2)cc1. The molecule has 1 aromatic heterocycles. The number of benzene rings is 1. The molecule has 2 fully saturated rings. The molecule has 134 valence electrons. The Morgan fingerprint density at radius 1 is 1.16 bits per heavy atom. The van der Waals surface area contributed by atoms with E-state index in [4.69, 9.17) is 14.8 Å². The molecule has 6 nitrogen and oxygen atoms in total. The summed E-state index contributed by atoms with van der Waals surface area (Å²) in [5.41, 5.74) is 2.32. The number of nitrogens with zero attached hydrogens (tertiary/aromatic N) is 4. The van der Waals surface area contributed by atoms with Gasteiger partial charge in [-0.1, -0.05) is 29.8 Å². The highest BCUT2D eigenvalue weighted by molar-refractivity contribution is 5.55. The van der Waals surface area contributed by atoms with Gasteiger partial charge in [-0.3, -0.25) is 0 Å². The van der Waals surface area contributed by atoms with Crippen LogP contribution >= 0.6 is 0 Å². The predicted molar refractivity (Wildman–Crippen MR) is 97.5 cm³/mol. The normalized spacial score (nSPS) is 23.0. The van der Waals surface area contributed by atoms with Crippen molar-refractivity contribution >= 4 is 0 Å². The zero-order valence-corrected chi connectivity index (χ0v) is 15.1. The Kier molecular flexibility index (Phi) is 4.83. The van der Waals surface area contributed by atoms with Crippen molar-refractivity contribution < 1.29 is 4.74 Å². The fourth-order valence-corrected chi connectivity index (χ4v) is 3.62.